The van der Waals surface area contributed by atoms with E-state index < -0.39 is 0 Å². The molecule has 86 valence electrons. The molecule has 2 aliphatic heterocycles. The number of nitrogens with zero attached hydrogens (tertiary/aromatic N) is 2. The van der Waals surface area contributed by atoms with Crippen molar-refractivity contribution in [2.24, 2.45) is 5.92 Å². The Morgan fingerprint density at radius 1 is 1.06 bits per heavy atom. The molecule has 3 heterocycles. The Hall–Kier alpha value is -1.41. The molecule has 3 unspecified atom stereocenters. The Labute approximate surface area is 101 Å². The van der Waals surface area contributed by atoms with Gasteiger partial charge in [0, 0.05) is 30.1 Å². The van der Waals surface area contributed by atoms with Crippen LogP contribution in [0.1, 0.15) is 18.0 Å². The molecular formula is C15H16N2. The minimum atomic E-state index is 0.674. The smallest absolute Gasteiger partial charge is 0.0705 e. The number of rotatable bonds is 1. The molecule has 2 aromatic rings. The second-order valence-electron chi connectivity index (χ2n) is 5.34. The largest absolute Gasteiger partial charge is 0.302 e. The van der Waals surface area contributed by atoms with Gasteiger partial charge in [-0.1, -0.05) is 24.3 Å². The fourth-order valence-corrected chi connectivity index (χ4v) is 3.41. The summed E-state index contributed by atoms with van der Waals surface area (Å²) in [5.41, 5.74) is 2.44. The lowest BCUT2D eigenvalue weighted by Crippen LogP contribution is -2.22. The van der Waals surface area contributed by atoms with Crippen LogP contribution < -0.4 is 0 Å². The zero-order valence-electron chi connectivity index (χ0n) is 9.84. The number of benzene rings is 1. The van der Waals surface area contributed by atoms with E-state index in [0.29, 0.717) is 5.92 Å². The van der Waals surface area contributed by atoms with E-state index in [-0.39, 0.29) is 0 Å². The Balaban J connectivity index is 1.76. The lowest BCUT2D eigenvalue weighted by atomic mass is 9.89. The topological polar surface area (TPSA) is 16.1 Å². The molecule has 0 spiro atoms. The first-order valence-electron chi connectivity index (χ1n) is 6.48. The summed E-state index contributed by atoms with van der Waals surface area (Å²) < 4.78 is 0. The predicted molar refractivity (Wildman–Crippen MR) is 69.0 cm³/mol. The predicted octanol–water partition coefficient (Wildman–Crippen LogP) is 2.65. The molecule has 0 saturated carbocycles. The normalized spacial score (nSPS) is 31.2. The molecule has 0 radical (unpaired) electrons. The molecule has 0 aliphatic carbocycles. The van der Waals surface area contributed by atoms with E-state index in [9.17, 15) is 0 Å². The number of para-hydroxylation sites is 1. The average molecular weight is 224 g/mol. The van der Waals surface area contributed by atoms with Gasteiger partial charge in [0.2, 0.25) is 0 Å². The van der Waals surface area contributed by atoms with Crippen LogP contribution in [0.5, 0.6) is 0 Å². The van der Waals surface area contributed by atoms with Crippen LogP contribution in [0.3, 0.4) is 0 Å². The quantitative estimate of drug-likeness (QED) is 0.740. The number of pyridine rings is 1. The van der Waals surface area contributed by atoms with Gasteiger partial charge in [0.05, 0.1) is 5.52 Å². The van der Waals surface area contributed by atoms with Gasteiger partial charge in [0.25, 0.3) is 0 Å². The summed E-state index contributed by atoms with van der Waals surface area (Å²) in [7, 11) is 0. The van der Waals surface area contributed by atoms with Gasteiger partial charge in [0.15, 0.2) is 0 Å². The average Bonchev–Trinajstić information content (AvgIpc) is 3.00. The van der Waals surface area contributed by atoms with Gasteiger partial charge >= 0.3 is 0 Å². The third-order valence-corrected chi connectivity index (χ3v) is 4.33. The summed E-state index contributed by atoms with van der Waals surface area (Å²) in [6, 6.07) is 12.9. The van der Waals surface area contributed by atoms with E-state index in [0.717, 1.165) is 11.4 Å². The summed E-state index contributed by atoms with van der Waals surface area (Å²) in [5.74, 6) is 1.53. The van der Waals surface area contributed by atoms with Crippen molar-refractivity contribution >= 4 is 10.9 Å². The summed E-state index contributed by atoms with van der Waals surface area (Å²) in [6.45, 7) is 3.81. The van der Waals surface area contributed by atoms with Gasteiger partial charge in [-0.05, 0) is 31.0 Å². The lowest BCUT2D eigenvalue weighted by Gasteiger charge is -2.21. The van der Waals surface area contributed by atoms with E-state index in [1.54, 1.807) is 0 Å². The van der Waals surface area contributed by atoms with Crippen LogP contribution in [0.2, 0.25) is 0 Å². The van der Waals surface area contributed by atoms with Gasteiger partial charge in [0.1, 0.15) is 0 Å². The molecule has 2 aliphatic rings. The van der Waals surface area contributed by atoms with Crippen molar-refractivity contribution in [2.45, 2.75) is 12.3 Å². The van der Waals surface area contributed by atoms with Crippen LogP contribution in [0.4, 0.5) is 0 Å². The minimum absolute atomic E-state index is 0.674. The summed E-state index contributed by atoms with van der Waals surface area (Å²) in [5, 5.41) is 1.25. The summed E-state index contributed by atoms with van der Waals surface area (Å²) in [6.07, 6.45) is 1.36. The number of fused-ring (bicyclic) bond motifs is 3. The maximum atomic E-state index is 4.85. The first-order chi connectivity index (χ1) is 8.40. The lowest BCUT2D eigenvalue weighted by molar-refractivity contribution is 0.344. The van der Waals surface area contributed by atoms with Gasteiger partial charge in [-0.25, -0.2) is 0 Å². The monoisotopic (exact) mass is 224 g/mol. The standard InChI is InChI=1S/C15H16N2/c1-2-4-14-11(3-1)5-6-15(16-14)13-10-17-8-7-12(13)9-17/h1-6,12-13H,7-10H2. The maximum Gasteiger partial charge on any atom is 0.0705 e. The van der Waals surface area contributed by atoms with Crippen LogP contribution in [-0.4, -0.2) is 29.5 Å². The molecule has 0 amide bonds. The number of hydrogen-bond donors (Lipinski definition) is 0. The third-order valence-electron chi connectivity index (χ3n) is 4.33. The first-order valence-corrected chi connectivity index (χ1v) is 6.48. The third kappa shape index (κ3) is 1.48. The van der Waals surface area contributed by atoms with Crippen LogP contribution in [0, 0.1) is 5.92 Å². The van der Waals surface area contributed by atoms with Crippen molar-refractivity contribution in [3.63, 3.8) is 0 Å². The van der Waals surface area contributed by atoms with Crippen molar-refractivity contribution in [1.29, 1.82) is 0 Å². The highest BCUT2D eigenvalue weighted by Gasteiger charge is 2.39. The van der Waals surface area contributed by atoms with E-state index >= 15 is 0 Å². The van der Waals surface area contributed by atoms with Crippen molar-refractivity contribution in [3.8, 4) is 0 Å². The fourth-order valence-electron chi connectivity index (χ4n) is 3.41. The van der Waals surface area contributed by atoms with Gasteiger partial charge in [-0.15, -0.1) is 0 Å². The molecule has 2 heteroatoms. The highest BCUT2D eigenvalue weighted by atomic mass is 15.2. The van der Waals surface area contributed by atoms with Crippen molar-refractivity contribution in [1.82, 2.24) is 9.88 Å². The van der Waals surface area contributed by atoms with Gasteiger partial charge in [-0.3, -0.25) is 4.98 Å². The van der Waals surface area contributed by atoms with Crippen molar-refractivity contribution in [3.05, 3.63) is 42.1 Å². The van der Waals surface area contributed by atoms with Crippen LogP contribution in [-0.2, 0) is 0 Å². The molecule has 1 aromatic heterocycles. The highest BCUT2D eigenvalue weighted by molar-refractivity contribution is 5.78. The number of aromatic nitrogens is 1. The summed E-state index contributed by atoms with van der Waals surface area (Å²) >= 11 is 0. The fraction of sp³-hybridized carbons (Fsp3) is 0.400. The number of hydrogen-bond acceptors (Lipinski definition) is 2. The van der Waals surface area contributed by atoms with Crippen molar-refractivity contribution < 1.29 is 0 Å². The first kappa shape index (κ1) is 9.60. The molecule has 4 rings (SSSR count). The highest BCUT2D eigenvalue weighted by Crippen LogP contribution is 2.39. The minimum Gasteiger partial charge on any atom is -0.302 e. The molecule has 1 aromatic carbocycles. The molecular weight excluding hydrogens is 208 g/mol. The second kappa shape index (κ2) is 3.54. The van der Waals surface area contributed by atoms with Crippen LogP contribution in [0.25, 0.3) is 10.9 Å². The molecule has 2 nitrogen and oxygen atoms in total. The molecule has 2 fully saturated rings. The second-order valence-corrected chi connectivity index (χ2v) is 5.34. The van der Waals surface area contributed by atoms with E-state index in [2.05, 4.69) is 41.3 Å². The van der Waals surface area contributed by atoms with E-state index in [1.807, 2.05) is 0 Å². The summed E-state index contributed by atoms with van der Waals surface area (Å²) in [4.78, 5) is 7.42. The van der Waals surface area contributed by atoms with Crippen LogP contribution >= 0.6 is 0 Å². The molecule has 0 N–H and O–H groups in total. The van der Waals surface area contributed by atoms with Crippen molar-refractivity contribution in [2.75, 3.05) is 19.6 Å². The van der Waals surface area contributed by atoms with Gasteiger partial charge in [-0.2, -0.15) is 0 Å². The van der Waals surface area contributed by atoms with E-state index in [4.69, 9.17) is 4.98 Å². The molecule has 2 saturated heterocycles. The number of piperidine rings is 1. The maximum absolute atomic E-state index is 4.85. The Bertz CT molecular complexity index is 564. The molecule has 3 atom stereocenters. The Morgan fingerprint density at radius 3 is 2.82 bits per heavy atom. The SMILES string of the molecule is c1ccc2nc(C3CN4CCC3C4)ccc2c1. The zero-order chi connectivity index (χ0) is 11.2. The molecule has 2 bridgehead atoms. The van der Waals surface area contributed by atoms with Gasteiger partial charge < -0.3 is 4.90 Å². The van der Waals surface area contributed by atoms with Crippen LogP contribution in [0.15, 0.2) is 36.4 Å². The molecule has 17 heavy (non-hydrogen) atoms. The van der Waals surface area contributed by atoms with E-state index in [1.165, 1.54) is 37.1 Å². The Kier molecular flexibility index (Phi) is 2.00. The zero-order valence-corrected chi connectivity index (χ0v) is 9.84. The Morgan fingerprint density at radius 2 is 2.00 bits per heavy atom.